The van der Waals surface area contributed by atoms with E-state index in [1.807, 2.05) is 0 Å². The lowest BCUT2D eigenvalue weighted by Gasteiger charge is -2.16. The number of Topliss-reactive ketones (excluding diaryl/α,β-unsaturated/α-hetero) is 1. The van der Waals surface area contributed by atoms with Crippen molar-refractivity contribution in [2.24, 2.45) is 20.3 Å². The molecule has 1 aliphatic carbocycles. The Kier molecular flexibility index (Phi) is 8.62. The number of aliphatic imine (C=N–C) groups is 1. The summed E-state index contributed by atoms with van der Waals surface area (Å²) in [6.07, 6.45) is 1.08. The number of allylic oxidation sites excluding steroid dienone is 1. The summed E-state index contributed by atoms with van der Waals surface area (Å²) in [6, 6.07) is 20.5. The number of hydrogen-bond donors (Lipinski definition) is 5. The maximum Gasteiger partial charge on any atom is 0.296 e. The van der Waals surface area contributed by atoms with Crippen molar-refractivity contribution in [2.75, 3.05) is 11.2 Å². The third-order valence-electron chi connectivity index (χ3n) is 6.58. The number of ketones is 1. The van der Waals surface area contributed by atoms with Crippen LogP contribution in [-0.2, 0) is 20.2 Å². The lowest BCUT2D eigenvalue weighted by Crippen LogP contribution is -2.27. The smallest absolute Gasteiger partial charge is 0.296 e. The van der Waals surface area contributed by atoms with Crippen LogP contribution in [-0.4, -0.2) is 48.4 Å². The van der Waals surface area contributed by atoms with Crippen LogP contribution in [0.3, 0.4) is 0 Å². The van der Waals surface area contributed by atoms with Crippen molar-refractivity contribution in [1.82, 2.24) is 0 Å². The third kappa shape index (κ3) is 7.22. The predicted octanol–water partition coefficient (Wildman–Crippen LogP) is 5.77. The van der Waals surface area contributed by atoms with Crippen LogP contribution in [0.5, 0.6) is 0 Å². The standard InChI is InChI=1S/C30H24N6O8S2/c1-17-13-23(10-12-26(17)35-33-22-3-2-4-24(16-22)45(39,40)41)34-36-28-27(46(42,43)44)15-19-14-21(9-11-25(19)29(28)37)32-30(38)18-5-7-20(31)8-6-18/h2-16,34H,31H2,1H3,(H,32,38)(H,39,40,41)(H,42,43,44)/b35-33?,36-28+. The summed E-state index contributed by atoms with van der Waals surface area (Å²) in [4.78, 5) is 16.4. The van der Waals surface area contributed by atoms with Crippen LogP contribution in [0.4, 0.5) is 28.4 Å². The molecule has 0 saturated carbocycles. The zero-order chi connectivity index (χ0) is 33.2. The summed E-state index contributed by atoms with van der Waals surface area (Å²) in [5.74, 6) is -1.12. The van der Waals surface area contributed by atoms with Gasteiger partial charge in [0.1, 0.15) is 4.91 Å². The molecule has 0 radical (unpaired) electrons. The van der Waals surface area contributed by atoms with Gasteiger partial charge in [0.2, 0.25) is 11.7 Å². The highest BCUT2D eigenvalue weighted by atomic mass is 32.2. The average Bonchev–Trinajstić information content (AvgIpc) is 2.99. The molecule has 0 spiro atoms. The number of hydrazone groups is 1. The Morgan fingerprint density at radius 3 is 2.24 bits per heavy atom. The number of aliphatic hydroxyl groups is 1. The molecule has 1 aliphatic rings. The van der Waals surface area contributed by atoms with Gasteiger partial charge in [0, 0.05) is 16.8 Å². The fourth-order valence-electron chi connectivity index (χ4n) is 4.29. The molecule has 0 unspecified atom stereocenters. The number of nitrogens with two attached hydrogens (primary N) is 1. The van der Waals surface area contributed by atoms with E-state index in [9.17, 15) is 35.8 Å². The van der Waals surface area contributed by atoms with Gasteiger partial charge in [-0.3, -0.25) is 19.3 Å². The van der Waals surface area contributed by atoms with E-state index in [0.29, 0.717) is 28.2 Å². The number of carbonyl (C=O) groups is 1. The van der Waals surface area contributed by atoms with Gasteiger partial charge >= 0.3 is 0 Å². The molecule has 4 aromatic carbocycles. The number of nitrogens with zero attached hydrogens (tertiary/aromatic N) is 4. The van der Waals surface area contributed by atoms with Crippen molar-refractivity contribution in [3.63, 3.8) is 0 Å². The number of rotatable bonds is 8. The number of fused-ring (bicyclic) bond motifs is 1. The monoisotopic (exact) mass is 660 g/mol. The number of anilines is 2. The van der Waals surface area contributed by atoms with Crippen LogP contribution in [0, 0.1) is 6.92 Å². The van der Waals surface area contributed by atoms with E-state index in [4.69, 9.17) is 5.73 Å². The molecule has 6 N–H and O–H groups in total. The second-order valence-corrected chi connectivity index (χ2v) is 12.7. The fraction of sp³-hybridized carbons (Fsp3) is 0.0333. The first-order valence-corrected chi connectivity index (χ1v) is 16.0. The molecule has 14 nitrogen and oxygen atoms in total. The van der Waals surface area contributed by atoms with Crippen molar-refractivity contribution in [3.8, 4) is 0 Å². The molecule has 5 rings (SSSR count). The zero-order valence-corrected chi connectivity index (χ0v) is 25.4. The van der Waals surface area contributed by atoms with Gasteiger partial charge in [0.25, 0.3) is 20.2 Å². The second kappa shape index (κ2) is 12.4. The summed E-state index contributed by atoms with van der Waals surface area (Å²) in [7, 11) is -9.32. The Labute approximate surface area is 262 Å². The molecule has 0 heterocycles. The Morgan fingerprint density at radius 2 is 1.57 bits per heavy atom. The van der Waals surface area contributed by atoms with E-state index in [0.717, 1.165) is 12.1 Å². The van der Waals surface area contributed by atoms with Crippen LogP contribution in [0.15, 0.2) is 115 Å². The molecule has 4 aromatic rings. The summed E-state index contributed by atoms with van der Waals surface area (Å²) >= 11 is 0. The molecule has 234 valence electrons. The number of aliphatic hydroxyl groups excluding tert-OH is 1. The van der Waals surface area contributed by atoms with Crippen LogP contribution in [0.25, 0.3) is 6.08 Å². The highest BCUT2D eigenvalue weighted by Gasteiger charge is 2.33. The average molecular weight is 661 g/mol. The van der Waals surface area contributed by atoms with Gasteiger partial charge in [-0.05, 0) is 103 Å². The molecular formula is C30H24N6O8S2. The SMILES string of the molecule is Cc1cc(N/N=C2/C(=O)c3ccc(N=C(O)c4ccc(N)cc4)cc3C=C2S(=O)(=O)O)ccc1N=Nc1cccc(S(=O)(=O)O)c1. The quantitative estimate of drug-likeness (QED) is 0.0382. The summed E-state index contributed by atoms with van der Waals surface area (Å²) in [6.45, 7) is 1.69. The minimum Gasteiger partial charge on any atom is -0.493 e. The molecule has 0 saturated heterocycles. The van der Waals surface area contributed by atoms with Crippen molar-refractivity contribution in [1.29, 1.82) is 0 Å². The number of nitrogens with one attached hydrogen (secondary N) is 1. The van der Waals surface area contributed by atoms with Crippen LogP contribution < -0.4 is 11.2 Å². The summed E-state index contributed by atoms with van der Waals surface area (Å²) in [5.41, 5.74) is 10.6. The molecule has 16 heteroatoms. The number of nitrogen functional groups attached to an aromatic ring is 1. The van der Waals surface area contributed by atoms with E-state index in [1.54, 1.807) is 43.3 Å². The number of azo groups is 1. The topological polar surface area (TPSA) is 234 Å². The van der Waals surface area contributed by atoms with Crippen LogP contribution >= 0.6 is 0 Å². The van der Waals surface area contributed by atoms with Gasteiger partial charge in [-0.25, -0.2) is 4.99 Å². The van der Waals surface area contributed by atoms with Crippen molar-refractivity contribution in [3.05, 3.63) is 112 Å². The lowest BCUT2D eigenvalue weighted by atomic mass is 9.94. The summed E-state index contributed by atoms with van der Waals surface area (Å²) < 4.78 is 66.4. The first-order chi connectivity index (χ1) is 21.7. The van der Waals surface area contributed by atoms with Gasteiger partial charge in [-0.1, -0.05) is 6.07 Å². The molecular weight excluding hydrogens is 636 g/mol. The summed E-state index contributed by atoms with van der Waals surface area (Å²) in [5, 5.41) is 22.5. The Bertz CT molecular complexity index is 2230. The second-order valence-electron chi connectivity index (χ2n) is 9.89. The van der Waals surface area contributed by atoms with Crippen molar-refractivity contribution < 1.29 is 35.8 Å². The Hall–Kier alpha value is -5.55. The fourth-order valence-corrected chi connectivity index (χ4v) is 5.47. The minimum atomic E-state index is -4.91. The first-order valence-electron chi connectivity index (χ1n) is 13.1. The zero-order valence-electron chi connectivity index (χ0n) is 23.7. The van der Waals surface area contributed by atoms with Crippen LogP contribution in [0.1, 0.15) is 27.0 Å². The first kappa shape index (κ1) is 31.9. The van der Waals surface area contributed by atoms with Crippen molar-refractivity contribution in [2.45, 2.75) is 11.8 Å². The highest BCUT2D eigenvalue weighted by Crippen LogP contribution is 2.30. The molecule has 0 aromatic heterocycles. The minimum absolute atomic E-state index is 0.0869. The van der Waals surface area contributed by atoms with E-state index in [2.05, 4.69) is 25.7 Å². The molecule has 0 bridgehead atoms. The van der Waals surface area contributed by atoms with Gasteiger partial charge in [0.15, 0.2) is 5.71 Å². The highest BCUT2D eigenvalue weighted by molar-refractivity contribution is 7.91. The largest absolute Gasteiger partial charge is 0.493 e. The normalized spacial score (nSPS) is 14.8. The van der Waals surface area contributed by atoms with Gasteiger partial charge in [0.05, 0.1) is 27.6 Å². The van der Waals surface area contributed by atoms with E-state index in [1.165, 1.54) is 42.5 Å². The third-order valence-corrected chi connectivity index (χ3v) is 8.30. The lowest BCUT2D eigenvalue weighted by molar-refractivity contribution is 0.106. The molecule has 0 atom stereocenters. The van der Waals surface area contributed by atoms with E-state index in [-0.39, 0.29) is 33.3 Å². The number of aryl methyl sites for hydroxylation is 1. The van der Waals surface area contributed by atoms with Crippen LogP contribution in [0.2, 0.25) is 0 Å². The Morgan fingerprint density at radius 1 is 0.826 bits per heavy atom. The maximum atomic E-state index is 13.3. The van der Waals surface area contributed by atoms with Crippen molar-refractivity contribution >= 4 is 72.1 Å². The van der Waals surface area contributed by atoms with Gasteiger partial charge in [-0.2, -0.15) is 32.2 Å². The predicted molar refractivity (Wildman–Crippen MR) is 173 cm³/mol. The van der Waals surface area contributed by atoms with Gasteiger partial charge < -0.3 is 10.8 Å². The van der Waals surface area contributed by atoms with E-state index >= 15 is 0 Å². The Balaban J connectivity index is 1.40. The van der Waals surface area contributed by atoms with E-state index < -0.39 is 36.6 Å². The molecule has 0 fully saturated rings. The number of benzene rings is 4. The van der Waals surface area contributed by atoms with Gasteiger partial charge in [-0.15, -0.1) is 0 Å². The molecule has 0 amide bonds. The maximum absolute atomic E-state index is 13.3. The molecule has 46 heavy (non-hydrogen) atoms. The molecule has 0 aliphatic heterocycles. The number of hydrogen-bond acceptors (Lipinski definition) is 11. The number of carbonyl (C=O) groups excluding carboxylic acids is 1.